The van der Waals surface area contributed by atoms with Crippen LogP contribution in [0.5, 0.6) is 11.5 Å². The standard InChI is InChI=1S/C36H31Cl2N5O5/c1-6-30(44)40-23-13-11-21(12-14-23)19-43-26-16-29(42-35-20(3)9-8-10-25(35)41-31(45)7-2)39-18-22(26)15-24(36(43)46)32-33(37)27(47-4)17-28(48-5)34(32)38/h6-18H,1-2,19H2,3-5H3,(H,39,42)(H,40,44)(H,41,45). The number of nitrogens with zero attached hydrogens (tertiary/aromatic N) is 2. The Labute approximate surface area is 286 Å². The Morgan fingerprint density at radius 2 is 1.56 bits per heavy atom. The van der Waals surface area contributed by atoms with Crippen LogP contribution in [0.4, 0.5) is 22.9 Å². The molecule has 0 aliphatic carbocycles. The molecule has 0 unspecified atom stereocenters. The van der Waals surface area contributed by atoms with Crippen molar-refractivity contribution in [1.82, 2.24) is 9.55 Å². The molecule has 0 atom stereocenters. The molecule has 0 aliphatic heterocycles. The minimum atomic E-state index is -0.391. The van der Waals surface area contributed by atoms with Crippen molar-refractivity contribution in [3.63, 3.8) is 0 Å². The maximum atomic E-state index is 14.5. The number of benzene rings is 3. The Bertz CT molecular complexity index is 2120. The van der Waals surface area contributed by atoms with E-state index >= 15 is 0 Å². The first-order valence-corrected chi connectivity index (χ1v) is 15.3. The maximum Gasteiger partial charge on any atom is 0.259 e. The van der Waals surface area contributed by atoms with Gasteiger partial charge in [0.2, 0.25) is 11.8 Å². The van der Waals surface area contributed by atoms with Gasteiger partial charge in [-0.1, -0.05) is 60.6 Å². The van der Waals surface area contributed by atoms with E-state index in [-0.39, 0.29) is 51.0 Å². The summed E-state index contributed by atoms with van der Waals surface area (Å²) in [7, 11) is 2.92. The molecule has 10 nitrogen and oxygen atoms in total. The van der Waals surface area contributed by atoms with E-state index in [1.54, 1.807) is 59.3 Å². The molecule has 0 radical (unpaired) electrons. The van der Waals surface area contributed by atoms with Gasteiger partial charge in [-0.2, -0.15) is 0 Å². The summed E-state index contributed by atoms with van der Waals surface area (Å²) in [5.74, 6) is 0.290. The van der Waals surface area contributed by atoms with Gasteiger partial charge in [-0.05, 0) is 54.5 Å². The zero-order valence-corrected chi connectivity index (χ0v) is 27.8. The first-order chi connectivity index (χ1) is 23.1. The summed E-state index contributed by atoms with van der Waals surface area (Å²) in [5.41, 5.74) is 3.99. The smallest absolute Gasteiger partial charge is 0.259 e. The molecule has 244 valence electrons. The van der Waals surface area contributed by atoms with Crippen LogP contribution in [0.15, 0.2) is 97.0 Å². The summed E-state index contributed by atoms with van der Waals surface area (Å²) < 4.78 is 12.5. The van der Waals surface area contributed by atoms with Crippen LogP contribution >= 0.6 is 23.2 Å². The first kappa shape index (κ1) is 33.8. The lowest BCUT2D eigenvalue weighted by Gasteiger charge is -2.19. The van der Waals surface area contributed by atoms with E-state index in [1.807, 2.05) is 19.1 Å². The van der Waals surface area contributed by atoms with Gasteiger partial charge in [-0.25, -0.2) is 4.98 Å². The topological polar surface area (TPSA) is 124 Å². The molecule has 3 aromatic carbocycles. The van der Waals surface area contributed by atoms with Gasteiger partial charge in [0.15, 0.2) is 0 Å². The van der Waals surface area contributed by atoms with Crippen LogP contribution in [-0.4, -0.2) is 35.6 Å². The predicted molar refractivity (Wildman–Crippen MR) is 192 cm³/mol. The lowest BCUT2D eigenvalue weighted by Crippen LogP contribution is -2.23. The Hall–Kier alpha value is -5.58. The largest absolute Gasteiger partial charge is 0.495 e. The third-order valence-electron chi connectivity index (χ3n) is 7.54. The Morgan fingerprint density at radius 1 is 0.917 bits per heavy atom. The number of aryl methyl sites for hydroxylation is 1. The molecule has 2 heterocycles. The molecule has 2 amide bonds. The summed E-state index contributed by atoms with van der Waals surface area (Å²) in [4.78, 5) is 43.0. The number of anilines is 4. The van der Waals surface area contributed by atoms with Crippen LogP contribution < -0.4 is 31.0 Å². The van der Waals surface area contributed by atoms with Crippen LogP contribution in [0.3, 0.4) is 0 Å². The normalized spacial score (nSPS) is 10.7. The lowest BCUT2D eigenvalue weighted by molar-refractivity contribution is -0.112. The van der Waals surface area contributed by atoms with Gasteiger partial charge in [0.05, 0.1) is 53.3 Å². The quantitative estimate of drug-likeness (QED) is 0.122. The molecular formula is C36H31Cl2N5O5. The van der Waals surface area contributed by atoms with Gasteiger partial charge in [0.1, 0.15) is 17.3 Å². The van der Waals surface area contributed by atoms with Gasteiger partial charge < -0.3 is 30.0 Å². The van der Waals surface area contributed by atoms with E-state index in [4.69, 9.17) is 32.7 Å². The fourth-order valence-electron chi connectivity index (χ4n) is 5.12. The van der Waals surface area contributed by atoms with Crippen molar-refractivity contribution >= 4 is 68.8 Å². The molecule has 12 heteroatoms. The number of hydrogen-bond donors (Lipinski definition) is 3. The predicted octanol–water partition coefficient (Wildman–Crippen LogP) is 7.74. The number of ether oxygens (including phenoxy) is 2. The van der Waals surface area contributed by atoms with Crippen molar-refractivity contribution in [3.05, 3.63) is 124 Å². The van der Waals surface area contributed by atoms with E-state index in [1.165, 1.54) is 26.4 Å². The number of methoxy groups -OCH3 is 2. The van der Waals surface area contributed by atoms with Crippen LogP contribution in [0.1, 0.15) is 11.1 Å². The highest BCUT2D eigenvalue weighted by Crippen LogP contribution is 2.45. The molecule has 5 aromatic rings. The van der Waals surface area contributed by atoms with E-state index in [9.17, 15) is 14.4 Å². The van der Waals surface area contributed by atoms with Gasteiger partial charge in [-0.3, -0.25) is 14.4 Å². The van der Waals surface area contributed by atoms with Crippen molar-refractivity contribution < 1.29 is 19.1 Å². The van der Waals surface area contributed by atoms with Crippen LogP contribution in [0, 0.1) is 6.92 Å². The number of para-hydroxylation sites is 1. The number of carbonyl (C=O) groups excluding carboxylic acids is 2. The number of halogens is 2. The number of carbonyl (C=O) groups is 2. The van der Waals surface area contributed by atoms with Gasteiger partial charge in [-0.15, -0.1) is 0 Å². The average molecular weight is 685 g/mol. The second-order valence-electron chi connectivity index (χ2n) is 10.6. The molecule has 0 spiro atoms. The number of hydrogen-bond acceptors (Lipinski definition) is 7. The number of aromatic nitrogens is 2. The third kappa shape index (κ3) is 6.90. The van der Waals surface area contributed by atoms with Crippen molar-refractivity contribution in [2.24, 2.45) is 0 Å². The lowest BCUT2D eigenvalue weighted by atomic mass is 10.0. The van der Waals surface area contributed by atoms with E-state index in [0.717, 1.165) is 11.1 Å². The summed E-state index contributed by atoms with van der Waals surface area (Å²) in [6.45, 7) is 9.05. The van der Waals surface area contributed by atoms with Gasteiger partial charge in [0.25, 0.3) is 5.56 Å². The first-order valence-electron chi connectivity index (χ1n) is 14.5. The molecule has 0 bridgehead atoms. The number of rotatable bonds is 11. The molecule has 0 fully saturated rings. The number of pyridine rings is 2. The summed E-state index contributed by atoms with van der Waals surface area (Å²) in [6, 6.07) is 17.5. The van der Waals surface area contributed by atoms with E-state index in [0.29, 0.717) is 33.8 Å². The summed E-state index contributed by atoms with van der Waals surface area (Å²) in [6.07, 6.45) is 4.00. The fourth-order valence-corrected chi connectivity index (χ4v) is 5.82. The molecule has 0 saturated heterocycles. The van der Waals surface area contributed by atoms with Crippen LogP contribution in [-0.2, 0) is 16.1 Å². The second-order valence-corrected chi connectivity index (χ2v) is 11.3. The number of fused-ring (bicyclic) bond motifs is 1. The van der Waals surface area contributed by atoms with Crippen LogP contribution in [0.2, 0.25) is 10.0 Å². The Morgan fingerprint density at radius 3 is 2.19 bits per heavy atom. The zero-order chi connectivity index (χ0) is 34.5. The minimum Gasteiger partial charge on any atom is -0.495 e. The molecule has 48 heavy (non-hydrogen) atoms. The highest BCUT2D eigenvalue weighted by molar-refractivity contribution is 6.41. The SMILES string of the molecule is C=CC(=O)Nc1ccc(Cn2c(=O)c(-c3c(Cl)c(OC)cc(OC)c3Cl)cc3cnc(Nc4c(C)cccc4NC(=O)C=C)cc32)cc1. The zero-order valence-electron chi connectivity index (χ0n) is 26.3. The van der Waals surface area contributed by atoms with Crippen molar-refractivity contribution in [1.29, 1.82) is 0 Å². The van der Waals surface area contributed by atoms with Crippen molar-refractivity contribution in [2.45, 2.75) is 13.5 Å². The fraction of sp³-hybridized carbons (Fsp3) is 0.111. The molecule has 0 aliphatic rings. The minimum absolute atomic E-state index is 0.143. The molecule has 5 rings (SSSR count). The highest BCUT2D eigenvalue weighted by Gasteiger charge is 2.23. The van der Waals surface area contributed by atoms with Gasteiger partial charge >= 0.3 is 0 Å². The van der Waals surface area contributed by atoms with E-state index < -0.39 is 5.56 Å². The third-order valence-corrected chi connectivity index (χ3v) is 8.29. The maximum absolute atomic E-state index is 14.5. The Balaban J connectivity index is 1.69. The summed E-state index contributed by atoms with van der Waals surface area (Å²) in [5, 5.41) is 9.73. The highest BCUT2D eigenvalue weighted by atomic mass is 35.5. The average Bonchev–Trinajstić information content (AvgIpc) is 3.08. The van der Waals surface area contributed by atoms with Crippen molar-refractivity contribution in [3.8, 4) is 22.6 Å². The summed E-state index contributed by atoms with van der Waals surface area (Å²) >= 11 is 13.5. The Kier molecular flexibility index (Phi) is 10.2. The molecule has 0 saturated carbocycles. The number of nitrogens with one attached hydrogen (secondary N) is 3. The second kappa shape index (κ2) is 14.5. The van der Waals surface area contributed by atoms with E-state index in [2.05, 4.69) is 34.1 Å². The van der Waals surface area contributed by atoms with Crippen molar-refractivity contribution in [2.75, 3.05) is 30.2 Å². The van der Waals surface area contributed by atoms with Crippen LogP contribution in [0.25, 0.3) is 22.0 Å². The number of amides is 2. The molecular weight excluding hydrogens is 653 g/mol. The monoisotopic (exact) mass is 683 g/mol. The molecule has 3 N–H and O–H groups in total. The van der Waals surface area contributed by atoms with Gasteiger partial charge in [0, 0.05) is 35.0 Å². The molecule has 2 aromatic heterocycles.